The molecule has 17 heavy (non-hydrogen) atoms. The van der Waals surface area contributed by atoms with Crippen molar-refractivity contribution in [3.8, 4) is 0 Å². The Kier molecular flexibility index (Phi) is 3.45. The van der Waals surface area contributed by atoms with E-state index in [1.54, 1.807) is 30.3 Å². The molecule has 0 spiro atoms. The molecule has 0 aliphatic rings. The molecule has 0 N–H and O–H groups in total. The Balaban J connectivity index is 2.46. The van der Waals surface area contributed by atoms with E-state index in [1.807, 2.05) is 0 Å². The van der Waals surface area contributed by atoms with Crippen LogP contribution in [0.5, 0.6) is 0 Å². The molecule has 2 aromatic carbocycles. The normalized spacial score (nSPS) is 14.0. The van der Waals surface area contributed by atoms with E-state index in [1.165, 1.54) is 24.3 Å². The largest absolute Gasteiger partial charge is 0.235 e. The maximum absolute atomic E-state index is 13.9. The van der Waals surface area contributed by atoms with Gasteiger partial charge in [-0.3, -0.25) is 0 Å². The third kappa shape index (κ3) is 3.05. The van der Waals surface area contributed by atoms with Gasteiger partial charge in [-0.2, -0.15) is 4.36 Å². The molecule has 88 valence electrons. The monoisotopic (exact) mass is 269 g/mol. The van der Waals surface area contributed by atoms with Gasteiger partial charge in [0.1, 0.15) is 0 Å². The fourth-order valence-electron chi connectivity index (χ4n) is 1.28. The summed E-state index contributed by atoms with van der Waals surface area (Å²) in [6.07, 6.45) is 0. The van der Waals surface area contributed by atoms with Crippen molar-refractivity contribution < 1.29 is 8.09 Å². The fraction of sp³-hybridized carbons (Fsp3) is 0. The lowest BCUT2D eigenvalue weighted by atomic mass is 10.3. The molecule has 2 rings (SSSR count). The van der Waals surface area contributed by atoms with Crippen molar-refractivity contribution in [2.45, 2.75) is 4.90 Å². The molecule has 0 aromatic heterocycles. The Hall–Kier alpha value is -1.39. The van der Waals surface area contributed by atoms with Crippen LogP contribution in [0.1, 0.15) is 0 Å². The first-order chi connectivity index (χ1) is 8.08. The number of rotatable bonds is 2. The molecule has 1 unspecified atom stereocenters. The average molecular weight is 270 g/mol. The van der Waals surface area contributed by atoms with Crippen molar-refractivity contribution in [2.75, 3.05) is 0 Å². The molecule has 0 heterocycles. The molecule has 2 aromatic rings. The van der Waals surface area contributed by atoms with Crippen LogP contribution in [0.3, 0.4) is 0 Å². The summed E-state index contributed by atoms with van der Waals surface area (Å²) in [5, 5.41) is 0.522. The summed E-state index contributed by atoms with van der Waals surface area (Å²) in [5.74, 6) is 0. The quantitative estimate of drug-likeness (QED) is 0.744. The smallest absolute Gasteiger partial charge is 0.211 e. The average Bonchev–Trinajstić information content (AvgIpc) is 2.33. The number of hydrogen-bond acceptors (Lipinski definition) is 2. The first-order valence-corrected chi connectivity index (χ1v) is 6.65. The van der Waals surface area contributed by atoms with Gasteiger partial charge in [-0.15, -0.1) is 3.89 Å². The number of nitrogens with zero attached hydrogens (tertiary/aromatic N) is 1. The number of benzene rings is 2. The summed E-state index contributed by atoms with van der Waals surface area (Å²) in [6.45, 7) is 0. The highest BCUT2D eigenvalue weighted by Crippen LogP contribution is 2.23. The highest BCUT2D eigenvalue weighted by atomic mass is 35.5. The standard InChI is InChI=1S/C12H9ClFNOS/c13-10-6-8-11(9-7-10)15-17(14,16)12-4-2-1-3-5-12/h1-9H. The summed E-state index contributed by atoms with van der Waals surface area (Å²) in [5.41, 5.74) is 0.297. The van der Waals surface area contributed by atoms with Crippen LogP contribution < -0.4 is 0 Å². The van der Waals surface area contributed by atoms with E-state index in [9.17, 15) is 8.09 Å². The molecule has 0 radical (unpaired) electrons. The fourth-order valence-corrected chi connectivity index (χ4v) is 2.40. The van der Waals surface area contributed by atoms with Crippen molar-refractivity contribution in [3.63, 3.8) is 0 Å². The molecule has 0 bridgehead atoms. The minimum Gasteiger partial charge on any atom is -0.211 e. The molecule has 0 fully saturated rings. The lowest BCUT2D eigenvalue weighted by Crippen LogP contribution is -1.90. The Morgan fingerprint density at radius 3 is 2.18 bits per heavy atom. The van der Waals surface area contributed by atoms with Crippen LogP contribution in [0.15, 0.2) is 63.9 Å². The van der Waals surface area contributed by atoms with Crippen LogP contribution in [0, 0.1) is 0 Å². The van der Waals surface area contributed by atoms with Gasteiger partial charge in [-0.05, 0) is 36.4 Å². The lowest BCUT2D eigenvalue weighted by Gasteiger charge is -2.00. The molecule has 0 aliphatic carbocycles. The zero-order valence-electron chi connectivity index (χ0n) is 8.72. The van der Waals surface area contributed by atoms with Crippen LogP contribution in [0.2, 0.25) is 5.02 Å². The second kappa shape index (κ2) is 4.85. The van der Waals surface area contributed by atoms with Gasteiger partial charge in [-0.25, -0.2) is 4.21 Å². The van der Waals surface area contributed by atoms with Crippen molar-refractivity contribution in [1.29, 1.82) is 0 Å². The summed E-state index contributed by atoms with van der Waals surface area (Å²) in [4.78, 5) is 0.0648. The Morgan fingerprint density at radius 1 is 1.00 bits per heavy atom. The molecule has 0 saturated heterocycles. The molecule has 2 nitrogen and oxygen atoms in total. The van der Waals surface area contributed by atoms with Gasteiger partial charge < -0.3 is 0 Å². The van der Waals surface area contributed by atoms with E-state index < -0.39 is 10.1 Å². The van der Waals surface area contributed by atoms with Gasteiger partial charge in [0, 0.05) is 5.02 Å². The van der Waals surface area contributed by atoms with Gasteiger partial charge in [0.05, 0.1) is 10.6 Å². The second-order valence-electron chi connectivity index (χ2n) is 3.34. The topological polar surface area (TPSA) is 29.4 Å². The van der Waals surface area contributed by atoms with E-state index >= 15 is 0 Å². The van der Waals surface area contributed by atoms with Crippen molar-refractivity contribution >= 4 is 27.4 Å². The molecular weight excluding hydrogens is 261 g/mol. The van der Waals surface area contributed by atoms with E-state index in [4.69, 9.17) is 11.6 Å². The minimum absolute atomic E-state index is 0.0648. The maximum Gasteiger partial charge on any atom is 0.235 e. The van der Waals surface area contributed by atoms with E-state index in [2.05, 4.69) is 4.36 Å². The van der Waals surface area contributed by atoms with Crippen molar-refractivity contribution in [2.24, 2.45) is 4.36 Å². The molecule has 0 amide bonds. The predicted octanol–water partition coefficient (Wildman–Crippen LogP) is 4.38. The van der Waals surface area contributed by atoms with Crippen LogP contribution in [-0.4, -0.2) is 4.21 Å². The van der Waals surface area contributed by atoms with Gasteiger partial charge in [0.15, 0.2) is 0 Å². The van der Waals surface area contributed by atoms with Crippen LogP contribution in [0.4, 0.5) is 9.57 Å². The minimum atomic E-state index is -3.89. The molecule has 0 aliphatic heterocycles. The van der Waals surface area contributed by atoms with E-state index in [0.717, 1.165) is 0 Å². The highest BCUT2D eigenvalue weighted by molar-refractivity contribution is 7.88. The predicted molar refractivity (Wildman–Crippen MR) is 67.5 cm³/mol. The van der Waals surface area contributed by atoms with E-state index in [-0.39, 0.29) is 4.90 Å². The van der Waals surface area contributed by atoms with Crippen LogP contribution in [-0.2, 0) is 10.1 Å². The number of halogens is 2. The zero-order valence-corrected chi connectivity index (χ0v) is 10.3. The molecule has 5 heteroatoms. The van der Waals surface area contributed by atoms with Crippen molar-refractivity contribution in [3.05, 3.63) is 59.6 Å². The summed E-state index contributed by atoms with van der Waals surface area (Å²) in [6, 6.07) is 14.0. The Morgan fingerprint density at radius 2 is 1.59 bits per heavy atom. The highest BCUT2D eigenvalue weighted by Gasteiger charge is 2.09. The summed E-state index contributed by atoms with van der Waals surface area (Å²) < 4.78 is 29.3. The zero-order chi connectivity index (χ0) is 12.3. The Bertz CT molecular complexity index is 619. The van der Waals surface area contributed by atoms with Crippen molar-refractivity contribution in [1.82, 2.24) is 0 Å². The third-order valence-corrected chi connectivity index (χ3v) is 3.63. The molecule has 1 atom stereocenters. The van der Waals surface area contributed by atoms with Crippen LogP contribution >= 0.6 is 11.6 Å². The maximum atomic E-state index is 13.9. The lowest BCUT2D eigenvalue weighted by molar-refractivity contribution is 0.639. The van der Waals surface area contributed by atoms with Gasteiger partial charge >= 0.3 is 0 Å². The van der Waals surface area contributed by atoms with E-state index in [0.29, 0.717) is 10.7 Å². The van der Waals surface area contributed by atoms with Gasteiger partial charge in [0.25, 0.3) is 0 Å². The SMILES string of the molecule is O=S(F)(=Nc1ccc(Cl)cc1)c1ccccc1. The van der Waals surface area contributed by atoms with Gasteiger partial charge in [-0.1, -0.05) is 29.8 Å². The first kappa shape index (κ1) is 12.1. The second-order valence-corrected chi connectivity index (χ2v) is 5.35. The summed E-state index contributed by atoms with van der Waals surface area (Å²) >= 11 is 5.69. The molecule has 0 saturated carbocycles. The van der Waals surface area contributed by atoms with Crippen LogP contribution in [0.25, 0.3) is 0 Å². The first-order valence-electron chi connectivity index (χ1n) is 4.85. The number of hydrogen-bond donors (Lipinski definition) is 0. The molecular formula is C12H9ClFNOS. The Labute approximate surface area is 105 Å². The summed E-state index contributed by atoms with van der Waals surface area (Å²) in [7, 11) is -3.89. The van der Waals surface area contributed by atoms with Gasteiger partial charge in [0.2, 0.25) is 10.1 Å². The third-order valence-electron chi connectivity index (χ3n) is 2.08.